The van der Waals surface area contributed by atoms with E-state index in [1.807, 2.05) is 7.05 Å². The van der Waals surface area contributed by atoms with E-state index in [4.69, 9.17) is 0 Å². The van der Waals surface area contributed by atoms with Crippen molar-refractivity contribution < 1.29 is 0 Å². The number of allylic oxidation sites excluding steroid dienone is 6. The minimum absolute atomic E-state index is 0.925. The highest BCUT2D eigenvalue weighted by molar-refractivity contribution is 5.43. The number of nitrogens with one attached hydrogen (secondary N) is 1. The van der Waals surface area contributed by atoms with Crippen molar-refractivity contribution in [2.45, 2.75) is 13.3 Å². The van der Waals surface area contributed by atoms with Gasteiger partial charge in [0.2, 0.25) is 0 Å². The van der Waals surface area contributed by atoms with Crippen LogP contribution in [0.4, 0.5) is 0 Å². The standard InChI is InChI=1S/C12H17N/c1-3-11-8-6-4-5-7-9-12(11)10-13-2/h3,5-9,13H,4,10H2,1-2H3/b7-5+,8-6-,11-3+,12-9-. The Bertz CT molecular complexity index is 267. The van der Waals surface area contributed by atoms with Crippen LogP contribution in [0.2, 0.25) is 0 Å². The van der Waals surface area contributed by atoms with Crippen LogP contribution in [-0.2, 0) is 0 Å². The largest absolute Gasteiger partial charge is 0.316 e. The fraction of sp³-hybridized carbons (Fsp3) is 0.333. The second-order valence-electron chi connectivity index (χ2n) is 3.03. The summed E-state index contributed by atoms with van der Waals surface area (Å²) in [5, 5.41) is 3.17. The van der Waals surface area contributed by atoms with Gasteiger partial charge >= 0.3 is 0 Å². The van der Waals surface area contributed by atoms with Crippen LogP contribution < -0.4 is 5.32 Å². The van der Waals surface area contributed by atoms with Gasteiger partial charge < -0.3 is 5.32 Å². The molecule has 0 aromatic carbocycles. The predicted octanol–water partition coefficient (Wildman–Crippen LogP) is 2.59. The summed E-state index contributed by atoms with van der Waals surface area (Å²) in [5.74, 6) is 0. The van der Waals surface area contributed by atoms with Gasteiger partial charge in [-0.1, -0.05) is 36.5 Å². The van der Waals surface area contributed by atoms with Crippen LogP contribution in [0.25, 0.3) is 0 Å². The summed E-state index contributed by atoms with van der Waals surface area (Å²) >= 11 is 0. The third-order valence-corrected chi connectivity index (χ3v) is 2.05. The molecule has 1 heteroatoms. The highest BCUT2D eigenvalue weighted by Crippen LogP contribution is 2.13. The molecule has 0 heterocycles. The maximum Gasteiger partial charge on any atom is 0.0208 e. The summed E-state index contributed by atoms with van der Waals surface area (Å²) in [7, 11) is 1.97. The summed E-state index contributed by atoms with van der Waals surface area (Å²) in [4.78, 5) is 0. The van der Waals surface area contributed by atoms with Crippen molar-refractivity contribution in [2.24, 2.45) is 0 Å². The molecule has 0 aliphatic heterocycles. The highest BCUT2D eigenvalue weighted by atomic mass is 14.8. The van der Waals surface area contributed by atoms with Gasteiger partial charge in [0.15, 0.2) is 0 Å². The summed E-state index contributed by atoms with van der Waals surface area (Å²) in [5.41, 5.74) is 2.66. The van der Waals surface area contributed by atoms with Gasteiger partial charge in [0, 0.05) is 6.54 Å². The lowest BCUT2D eigenvalue weighted by Gasteiger charge is -2.08. The van der Waals surface area contributed by atoms with Crippen molar-refractivity contribution in [1.82, 2.24) is 5.32 Å². The lowest BCUT2D eigenvalue weighted by atomic mass is 10.0. The average molecular weight is 175 g/mol. The minimum Gasteiger partial charge on any atom is -0.316 e. The van der Waals surface area contributed by atoms with Crippen molar-refractivity contribution in [2.75, 3.05) is 13.6 Å². The van der Waals surface area contributed by atoms with Crippen molar-refractivity contribution in [3.63, 3.8) is 0 Å². The summed E-state index contributed by atoms with van der Waals surface area (Å²) < 4.78 is 0. The molecule has 0 saturated carbocycles. The Balaban J connectivity index is 2.89. The zero-order valence-corrected chi connectivity index (χ0v) is 8.38. The maximum atomic E-state index is 3.17. The molecule has 0 fully saturated rings. The van der Waals surface area contributed by atoms with Crippen LogP contribution in [0.15, 0.2) is 47.6 Å². The first-order valence-corrected chi connectivity index (χ1v) is 4.72. The number of hydrogen-bond acceptors (Lipinski definition) is 1. The lowest BCUT2D eigenvalue weighted by molar-refractivity contribution is 0.888. The Labute approximate surface area is 80.5 Å². The molecule has 1 aliphatic rings. The molecule has 0 aromatic heterocycles. The molecule has 13 heavy (non-hydrogen) atoms. The average Bonchev–Trinajstić information content (AvgIpc) is 2.10. The van der Waals surface area contributed by atoms with E-state index < -0.39 is 0 Å². The first-order valence-electron chi connectivity index (χ1n) is 4.72. The normalized spacial score (nSPS) is 28.8. The molecule has 1 nitrogen and oxygen atoms in total. The van der Waals surface area contributed by atoms with Gasteiger partial charge in [-0.05, 0) is 31.5 Å². The Hall–Kier alpha value is -1.08. The number of hydrogen-bond donors (Lipinski definition) is 1. The van der Waals surface area contributed by atoms with Crippen LogP contribution in [0.5, 0.6) is 0 Å². The van der Waals surface area contributed by atoms with Gasteiger partial charge in [-0.3, -0.25) is 0 Å². The summed E-state index contributed by atoms with van der Waals surface area (Å²) in [6.07, 6.45) is 14.0. The Morgan fingerprint density at radius 2 is 2.31 bits per heavy atom. The van der Waals surface area contributed by atoms with Crippen LogP contribution in [0.3, 0.4) is 0 Å². The molecule has 0 atom stereocenters. The molecule has 0 aromatic rings. The van der Waals surface area contributed by atoms with Gasteiger partial charge in [-0.15, -0.1) is 0 Å². The molecular weight excluding hydrogens is 158 g/mol. The van der Waals surface area contributed by atoms with Gasteiger partial charge in [-0.2, -0.15) is 0 Å². The van der Waals surface area contributed by atoms with Crippen molar-refractivity contribution in [3.05, 3.63) is 47.6 Å². The van der Waals surface area contributed by atoms with Gasteiger partial charge in [0.1, 0.15) is 0 Å². The Morgan fingerprint density at radius 3 is 3.00 bits per heavy atom. The van der Waals surface area contributed by atoms with Crippen molar-refractivity contribution in [1.29, 1.82) is 0 Å². The molecule has 70 valence electrons. The van der Waals surface area contributed by atoms with Crippen molar-refractivity contribution in [3.8, 4) is 0 Å². The van der Waals surface area contributed by atoms with E-state index in [-0.39, 0.29) is 0 Å². The molecule has 0 radical (unpaired) electrons. The molecule has 0 bridgehead atoms. The third kappa shape index (κ3) is 3.03. The highest BCUT2D eigenvalue weighted by Gasteiger charge is 1.99. The van der Waals surface area contributed by atoms with Crippen LogP contribution in [0.1, 0.15) is 13.3 Å². The van der Waals surface area contributed by atoms with Crippen LogP contribution in [-0.4, -0.2) is 13.6 Å². The van der Waals surface area contributed by atoms with E-state index in [1.54, 1.807) is 0 Å². The van der Waals surface area contributed by atoms with E-state index in [0.29, 0.717) is 0 Å². The van der Waals surface area contributed by atoms with E-state index in [9.17, 15) is 0 Å². The predicted molar refractivity (Wildman–Crippen MR) is 58.7 cm³/mol. The molecule has 0 saturated heterocycles. The maximum absolute atomic E-state index is 3.17. The number of rotatable bonds is 2. The first-order chi connectivity index (χ1) is 6.38. The van der Waals surface area contributed by atoms with Crippen LogP contribution in [0, 0.1) is 0 Å². The molecule has 1 aliphatic carbocycles. The van der Waals surface area contributed by atoms with Gasteiger partial charge in [0.05, 0.1) is 0 Å². The fourth-order valence-corrected chi connectivity index (χ4v) is 1.37. The second kappa shape index (κ2) is 5.55. The van der Waals surface area contributed by atoms with Crippen LogP contribution >= 0.6 is 0 Å². The Kier molecular flexibility index (Phi) is 4.27. The quantitative estimate of drug-likeness (QED) is 0.680. The molecule has 1 N–H and O–H groups in total. The SMILES string of the molecule is C/C=C1\C=C/C/C=C/C=C\1CNC. The minimum atomic E-state index is 0.925. The zero-order valence-electron chi connectivity index (χ0n) is 8.38. The molecular formula is C12H17N. The number of likely N-dealkylation sites (N-methyl/N-ethyl adjacent to an activating group) is 1. The molecule has 0 unspecified atom stereocenters. The molecule has 0 amide bonds. The van der Waals surface area contributed by atoms with E-state index in [0.717, 1.165) is 13.0 Å². The van der Waals surface area contributed by atoms with E-state index in [1.165, 1.54) is 11.1 Å². The second-order valence-corrected chi connectivity index (χ2v) is 3.03. The fourth-order valence-electron chi connectivity index (χ4n) is 1.37. The monoisotopic (exact) mass is 175 g/mol. The molecule has 1 rings (SSSR count). The Morgan fingerprint density at radius 1 is 1.46 bits per heavy atom. The first kappa shape index (κ1) is 10.0. The van der Waals surface area contributed by atoms with E-state index >= 15 is 0 Å². The van der Waals surface area contributed by atoms with E-state index in [2.05, 4.69) is 48.7 Å². The van der Waals surface area contributed by atoms with Crippen molar-refractivity contribution >= 4 is 0 Å². The lowest BCUT2D eigenvalue weighted by Crippen LogP contribution is -2.11. The topological polar surface area (TPSA) is 12.0 Å². The summed E-state index contributed by atoms with van der Waals surface area (Å²) in [6, 6.07) is 0. The zero-order chi connectivity index (χ0) is 9.52. The third-order valence-electron chi connectivity index (χ3n) is 2.05. The van der Waals surface area contributed by atoms with Gasteiger partial charge in [-0.25, -0.2) is 0 Å². The smallest absolute Gasteiger partial charge is 0.0208 e. The summed E-state index contributed by atoms with van der Waals surface area (Å²) in [6.45, 7) is 3.00. The molecule has 0 spiro atoms. The van der Waals surface area contributed by atoms with Gasteiger partial charge in [0.25, 0.3) is 0 Å².